The molecule has 0 saturated carbocycles. The number of rotatable bonds is 4. The molecule has 2 aliphatic rings. The molecule has 0 bridgehead atoms. The first kappa shape index (κ1) is 14.1. The highest BCUT2D eigenvalue weighted by molar-refractivity contribution is 5.80. The first-order valence-corrected chi connectivity index (χ1v) is 7.91. The summed E-state index contributed by atoms with van der Waals surface area (Å²) in [6.45, 7) is 3.45. The predicted octanol–water partition coefficient (Wildman–Crippen LogP) is 2.22. The number of imidazole rings is 1. The Bertz CT molecular complexity index is 857. The number of nitrogens with one attached hydrogen (secondary N) is 2. The van der Waals surface area contributed by atoms with Gasteiger partial charge < -0.3 is 14.7 Å². The Labute approximate surface area is 134 Å². The first-order valence-electron chi connectivity index (χ1n) is 7.91. The third kappa shape index (κ3) is 2.87. The maximum absolute atomic E-state index is 11.4. The lowest BCUT2D eigenvalue weighted by atomic mass is 9.91. The lowest BCUT2D eigenvalue weighted by Crippen LogP contribution is -2.36. The van der Waals surface area contributed by atoms with Gasteiger partial charge in [-0.2, -0.15) is 0 Å². The molecule has 1 aromatic heterocycles. The highest BCUT2D eigenvalue weighted by atomic mass is 16.5. The molecule has 5 heteroatoms. The second-order valence-electron chi connectivity index (χ2n) is 5.92. The van der Waals surface area contributed by atoms with Crippen LogP contribution in [0.5, 0.6) is 5.75 Å². The molecular weight excluding hydrogens is 290 g/mol. The van der Waals surface area contributed by atoms with Crippen molar-refractivity contribution in [2.45, 2.75) is 0 Å². The van der Waals surface area contributed by atoms with Crippen LogP contribution in [0.2, 0.25) is 0 Å². The molecule has 4 rings (SSSR count). The minimum absolute atomic E-state index is 0.207. The van der Waals surface area contributed by atoms with Gasteiger partial charge in [-0.1, -0.05) is 36.4 Å². The normalized spacial score (nSPS) is 20.5. The summed E-state index contributed by atoms with van der Waals surface area (Å²) in [6.07, 6.45) is 11.0. The molecule has 1 atom stereocenters. The van der Waals surface area contributed by atoms with E-state index in [9.17, 15) is 4.79 Å². The zero-order valence-corrected chi connectivity index (χ0v) is 12.8. The molecule has 5 nitrogen and oxygen atoms in total. The third-order valence-corrected chi connectivity index (χ3v) is 4.39. The summed E-state index contributed by atoms with van der Waals surface area (Å²) in [7, 11) is 0. The number of hydrogen-bond donors (Lipinski definition) is 2. The van der Waals surface area contributed by atoms with Gasteiger partial charge >= 0.3 is 5.69 Å². The smallest absolute Gasteiger partial charge is 0.323 e. The summed E-state index contributed by atoms with van der Waals surface area (Å²) >= 11 is 0. The van der Waals surface area contributed by atoms with Gasteiger partial charge in [0.15, 0.2) is 0 Å². The Kier molecular flexibility index (Phi) is 3.63. The summed E-state index contributed by atoms with van der Waals surface area (Å²) < 4.78 is 5.89. The van der Waals surface area contributed by atoms with E-state index in [1.165, 1.54) is 5.57 Å². The molecule has 0 fully saturated rings. The van der Waals surface area contributed by atoms with Crippen LogP contribution in [0.25, 0.3) is 11.0 Å². The first-order chi connectivity index (χ1) is 11.3. The van der Waals surface area contributed by atoms with Crippen LogP contribution in [0.15, 0.2) is 58.9 Å². The third-order valence-electron chi connectivity index (χ3n) is 4.39. The largest absolute Gasteiger partial charge is 0.490 e. The van der Waals surface area contributed by atoms with Gasteiger partial charge in [0.05, 0.1) is 5.52 Å². The molecule has 1 aliphatic heterocycles. The Hall–Kier alpha value is -2.53. The van der Waals surface area contributed by atoms with E-state index in [1.807, 2.05) is 18.2 Å². The van der Waals surface area contributed by atoms with E-state index in [0.717, 1.165) is 36.4 Å². The second-order valence-corrected chi connectivity index (χ2v) is 5.92. The number of fused-ring (bicyclic) bond motifs is 2. The number of allylic oxidation sites excluding steroid dienone is 3. The van der Waals surface area contributed by atoms with Gasteiger partial charge in [-0.3, -0.25) is 4.90 Å². The maximum atomic E-state index is 11.4. The number of H-pyrrole nitrogens is 2. The van der Waals surface area contributed by atoms with Gasteiger partial charge in [0.2, 0.25) is 0 Å². The zero-order chi connectivity index (χ0) is 15.6. The molecule has 0 radical (unpaired) electrons. The topological polar surface area (TPSA) is 61.1 Å². The van der Waals surface area contributed by atoms with E-state index in [4.69, 9.17) is 4.74 Å². The van der Waals surface area contributed by atoms with Crippen LogP contribution in [-0.2, 0) is 0 Å². The predicted molar refractivity (Wildman–Crippen MR) is 90.7 cm³/mol. The molecule has 118 valence electrons. The van der Waals surface area contributed by atoms with Gasteiger partial charge in [-0.25, -0.2) is 4.79 Å². The van der Waals surface area contributed by atoms with E-state index in [0.29, 0.717) is 12.5 Å². The molecule has 2 heterocycles. The molecule has 1 aliphatic carbocycles. The molecular formula is C18H19N3O2. The number of aromatic amines is 2. The fraction of sp³-hybridized carbons (Fsp3) is 0.278. The lowest BCUT2D eigenvalue weighted by molar-refractivity contribution is 0.209. The SMILES string of the molecule is O=c1[nH]c2cccc(OCCN3CC=C4C=CC=CC4C3)c2[nH]1. The van der Waals surface area contributed by atoms with Crippen LogP contribution in [0.3, 0.4) is 0 Å². The summed E-state index contributed by atoms with van der Waals surface area (Å²) in [5, 5.41) is 0. The van der Waals surface area contributed by atoms with Gasteiger partial charge in [0.1, 0.15) is 17.9 Å². The fourth-order valence-corrected chi connectivity index (χ4v) is 3.19. The van der Waals surface area contributed by atoms with Crippen LogP contribution >= 0.6 is 0 Å². The average Bonchev–Trinajstić information content (AvgIpc) is 2.96. The number of hydrogen-bond acceptors (Lipinski definition) is 3. The standard InChI is InChI=1S/C18H19N3O2/c22-18-19-15-6-3-7-16(17(15)20-18)23-11-10-21-9-8-13-4-1-2-5-14(13)12-21/h1-8,14H,9-12H2,(H2,19,20,22). The van der Waals surface area contributed by atoms with E-state index in [2.05, 4.69) is 45.2 Å². The molecule has 1 aromatic carbocycles. The molecule has 1 unspecified atom stereocenters. The second kappa shape index (κ2) is 5.93. The number of ether oxygens (including phenoxy) is 1. The van der Waals surface area contributed by atoms with Crippen molar-refractivity contribution >= 4 is 11.0 Å². The Morgan fingerprint density at radius 1 is 1.26 bits per heavy atom. The number of para-hydroxylation sites is 1. The van der Waals surface area contributed by atoms with Crippen molar-refractivity contribution in [2.24, 2.45) is 5.92 Å². The van der Waals surface area contributed by atoms with Crippen molar-refractivity contribution in [1.29, 1.82) is 0 Å². The minimum Gasteiger partial charge on any atom is -0.490 e. The van der Waals surface area contributed by atoms with Crippen molar-refractivity contribution in [2.75, 3.05) is 26.2 Å². The summed E-state index contributed by atoms with van der Waals surface area (Å²) in [5.41, 5.74) is 2.72. The Morgan fingerprint density at radius 3 is 3.17 bits per heavy atom. The van der Waals surface area contributed by atoms with Crippen molar-refractivity contribution in [3.05, 3.63) is 64.6 Å². The molecule has 23 heavy (non-hydrogen) atoms. The van der Waals surface area contributed by atoms with Crippen molar-refractivity contribution in [3.63, 3.8) is 0 Å². The van der Waals surface area contributed by atoms with Crippen LogP contribution in [0.1, 0.15) is 0 Å². The molecule has 2 aromatic rings. The van der Waals surface area contributed by atoms with Gasteiger partial charge in [0, 0.05) is 25.6 Å². The van der Waals surface area contributed by atoms with E-state index in [-0.39, 0.29) is 5.69 Å². The average molecular weight is 309 g/mol. The van der Waals surface area contributed by atoms with Gasteiger partial charge in [-0.05, 0) is 17.7 Å². The summed E-state index contributed by atoms with van der Waals surface area (Å²) in [6, 6.07) is 5.63. The number of aromatic nitrogens is 2. The number of nitrogens with zero attached hydrogens (tertiary/aromatic N) is 1. The minimum atomic E-state index is -0.207. The molecule has 0 amide bonds. The Balaban J connectivity index is 1.38. The van der Waals surface area contributed by atoms with Crippen LogP contribution in [0, 0.1) is 5.92 Å². The van der Waals surface area contributed by atoms with Crippen molar-refractivity contribution in [3.8, 4) is 5.75 Å². The van der Waals surface area contributed by atoms with Gasteiger partial charge in [0.25, 0.3) is 0 Å². The quantitative estimate of drug-likeness (QED) is 0.910. The monoisotopic (exact) mass is 309 g/mol. The zero-order valence-electron chi connectivity index (χ0n) is 12.8. The molecule has 0 spiro atoms. The highest BCUT2D eigenvalue weighted by Gasteiger charge is 2.20. The van der Waals surface area contributed by atoms with Crippen LogP contribution < -0.4 is 10.4 Å². The van der Waals surface area contributed by atoms with E-state index >= 15 is 0 Å². The maximum Gasteiger partial charge on any atom is 0.323 e. The summed E-state index contributed by atoms with van der Waals surface area (Å²) in [4.78, 5) is 19.3. The highest BCUT2D eigenvalue weighted by Crippen LogP contribution is 2.24. The molecule has 2 N–H and O–H groups in total. The number of benzene rings is 1. The Morgan fingerprint density at radius 2 is 2.22 bits per heavy atom. The van der Waals surface area contributed by atoms with E-state index in [1.54, 1.807) is 0 Å². The van der Waals surface area contributed by atoms with Crippen molar-refractivity contribution in [1.82, 2.24) is 14.9 Å². The van der Waals surface area contributed by atoms with Crippen LogP contribution in [-0.4, -0.2) is 41.1 Å². The fourth-order valence-electron chi connectivity index (χ4n) is 3.19. The molecule has 0 saturated heterocycles. The lowest BCUT2D eigenvalue weighted by Gasteiger charge is -2.31. The van der Waals surface area contributed by atoms with Crippen LogP contribution in [0.4, 0.5) is 0 Å². The van der Waals surface area contributed by atoms with Crippen molar-refractivity contribution < 1.29 is 4.74 Å². The van der Waals surface area contributed by atoms with Gasteiger partial charge in [-0.15, -0.1) is 0 Å². The summed E-state index contributed by atoms with van der Waals surface area (Å²) in [5.74, 6) is 1.22. The van der Waals surface area contributed by atoms with E-state index < -0.39 is 0 Å².